The maximum absolute atomic E-state index is 13.5. The third kappa shape index (κ3) is 10.1. The number of carboxylic acid groups (broad SMARTS) is 1. The molecule has 0 unspecified atom stereocenters. The molecule has 0 spiro atoms. The third-order valence-electron chi connectivity index (χ3n) is 10.1. The Morgan fingerprint density at radius 1 is 0.710 bits per heavy atom. The van der Waals surface area contributed by atoms with Crippen LogP contribution in [0.15, 0.2) is 146 Å². The smallest absolute Gasteiger partial charge is 0.335 e. The molecule has 0 saturated heterocycles. The number of benzene rings is 5. The van der Waals surface area contributed by atoms with Crippen molar-refractivity contribution < 1.29 is 37.7 Å². The topological polar surface area (TPSA) is 165 Å². The molecule has 8 aromatic rings. The summed E-state index contributed by atoms with van der Waals surface area (Å²) in [5.74, 6) is 1.12. The number of ether oxygens (including phenoxy) is 4. The Kier molecular flexibility index (Phi) is 12.8. The van der Waals surface area contributed by atoms with E-state index in [1.165, 1.54) is 18.2 Å². The maximum atomic E-state index is 13.5. The summed E-state index contributed by atoms with van der Waals surface area (Å²) < 4.78 is 37.6. The van der Waals surface area contributed by atoms with Crippen LogP contribution in [0.4, 0.5) is 0 Å². The number of carboxylic acids is 1. The van der Waals surface area contributed by atoms with Crippen LogP contribution >= 0.6 is 0 Å². The molecule has 8 rings (SSSR count). The molecule has 314 valence electrons. The minimum Gasteiger partial charge on any atom is -0.494 e. The van der Waals surface area contributed by atoms with Crippen LogP contribution in [0.5, 0.6) is 17.2 Å². The zero-order valence-corrected chi connectivity index (χ0v) is 34.0. The molecule has 0 radical (unpaired) electrons. The highest BCUT2D eigenvalue weighted by Crippen LogP contribution is 2.33. The summed E-state index contributed by atoms with van der Waals surface area (Å²) in [6.45, 7) is 4.17. The number of rotatable bonds is 19. The Bertz CT molecular complexity index is 2940. The van der Waals surface area contributed by atoms with Gasteiger partial charge >= 0.3 is 5.97 Å². The number of fused-ring (bicyclic) bond motifs is 2. The fourth-order valence-electron chi connectivity index (χ4n) is 6.87. The van der Waals surface area contributed by atoms with Gasteiger partial charge in [0.2, 0.25) is 11.2 Å². The van der Waals surface area contributed by atoms with Crippen molar-refractivity contribution in [2.75, 3.05) is 26.4 Å². The molecule has 13 nitrogen and oxygen atoms in total. The van der Waals surface area contributed by atoms with E-state index in [-0.39, 0.29) is 34.5 Å². The van der Waals surface area contributed by atoms with Gasteiger partial charge in [-0.3, -0.25) is 9.59 Å². The van der Waals surface area contributed by atoms with Gasteiger partial charge in [0, 0.05) is 23.4 Å². The van der Waals surface area contributed by atoms with Gasteiger partial charge in [-0.25, -0.2) is 9.48 Å². The SMILES string of the molecule is Cc1ccc2oc(-c3ccc(OCCCCc4cn(CCOCCOc5ccc(-c6oc7ccccc7c(=O)c6OCc6cccc(C(=O)O)c6)cc5)nn4)cc3)cc(=O)c2c1. The van der Waals surface area contributed by atoms with Crippen molar-refractivity contribution in [1.82, 2.24) is 15.0 Å². The van der Waals surface area contributed by atoms with Gasteiger partial charge in [-0.15, -0.1) is 5.10 Å². The third-order valence-corrected chi connectivity index (χ3v) is 10.1. The van der Waals surface area contributed by atoms with Crippen molar-refractivity contribution in [3.05, 3.63) is 170 Å². The predicted octanol–water partition coefficient (Wildman–Crippen LogP) is 8.91. The summed E-state index contributed by atoms with van der Waals surface area (Å²) in [6.07, 6.45) is 4.45. The fraction of sp³-hybridized carbons (Fsp3) is 0.204. The van der Waals surface area contributed by atoms with Crippen molar-refractivity contribution >= 4 is 27.9 Å². The second kappa shape index (κ2) is 19.3. The minimum atomic E-state index is -1.05. The number of para-hydroxylation sites is 1. The maximum Gasteiger partial charge on any atom is 0.335 e. The summed E-state index contributed by atoms with van der Waals surface area (Å²) >= 11 is 0. The van der Waals surface area contributed by atoms with Gasteiger partial charge in [0.1, 0.15) is 41.6 Å². The van der Waals surface area contributed by atoms with Crippen LogP contribution in [-0.2, 0) is 24.3 Å². The van der Waals surface area contributed by atoms with Gasteiger partial charge in [0.15, 0.2) is 11.2 Å². The van der Waals surface area contributed by atoms with Crippen molar-refractivity contribution in [3.8, 4) is 39.9 Å². The van der Waals surface area contributed by atoms with E-state index in [0.29, 0.717) is 77.5 Å². The minimum absolute atomic E-state index is 0.0238. The lowest BCUT2D eigenvalue weighted by Crippen LogP contribution is -2.12. The van der Waals surface area contributed by atoms with E-state index in [0.717, 1.165) is 41.8 Å². The van der Waals surface area contributed by atoms with E-state index < -0.39 is 5.97 Å². The molecule has 0 amide bonds. The monoisotopic (exact) mass is 833 g/mol. The number of nitrogens with zero attached hydrogens (tertiary/aromatic N) is 3. The fourth-order valence-corrected chi connectivity index (χ4v) is 6.87. The van der Waals surface area contributed by atoms with Crippen LogP contribution in [0, 0.1) is 6.92 Å². The standard InChI is InChI=1S/C49H43N3O10/c1-32-12-21-44-41(27-32)42(53)29-45(61-44)34-13-17-38(18-14-34)58-23-5-4-9-37-30-52(51-50-37)22-24-57-25-26-59-39-19-15-35(16-20-39)47-48(46(54)40-10-2-3-11-43(40)62-47)60-31-33-7-6-8-36(28-33)49(55)56/h2-3,6-8,10-21,27-30H,4-5,9,22-26,31H2,1H3,(H,55,56). The van der Waals surface area contributed by atoms with E-state index in [4.69, 9.17) is 27.8 Å². The van der Waals surface area contributed by atoms with Crippen LogP contribution in [0.25, 0.3) is 44.6 Å². The molecule has 0 aliphatic heterocycles. The lowest BCUT2D eigenvalue weighted by Gasteiger charge is -2.13. The molecule has 0 fully saturated rings. The number of aromatic nitrogens is 3. The normalized spacial score (nSPS) is 11.2. The first-order valence-electron chi connectivity index (χ1n) is 20.3. The molecule has 0 aliphatic carbocycles. The first-order chi connectivity index (χ1) is 30.3. The Morgan fingerprint density at radius 2 is 1.47 bits per heavy atom. The van der Waals surface area contributed by atoms with Crippen LogP contribution in [0.2, 0.25) is 0 Å². The van der Waals surface area contributed by atoms with Gasteiger partial charge in [-0.1, -0.05) is 41.1 Å². The molecule has 0 atom stereocenters. The van der Waals surface area contributed by atoms with Crippen LogP contribution in [0.1, 0.15) is 40.0 Å². The highest BCUT2D eigenvalue weighted by atomic mass is 16.5. The number of hydrogen-bond donors (Lipinski definition) is 1. The molecule has 0 aliphatic rings. The summed E-state index contributed by atoms with van der Waals surface area (Å²) in [5.41, 5.74) is 4.65. The average molecular weight is 834 g/mol. The highest BCUT2D eigenvalue weighted by Gasteiger charge is 2.19. The Balaban J connectivity index is 0.745. The van der Waals surface area contributed by atoms with Crippen molar-refractivity contribution in [3.63, 3.8) is 0 Å². The summed E-state index contributed by atoms with van der Waals surface area (Å²) in [6, 6.07) is 35.1. The molecule has 13 heteroatoms. The number of unbranched alkanes of at least 4 members (excludes halogenated alkanes) is 1. The van der Waals surface area contributed by atoms with Gasteiger partial charge in [-0.05, 0) is 117 Å². The molecular formula is C49H43N3O10. The Morgan fingerprint density at radius 3 is 2.27 bits per heavy atom. The lowest BCUT2D eigenvalue weighted by atomic mass is 10.1. The summed E-state index contributed by atoms with van der Waals surface area (Å²) in [7, 11) is 0. The van der Waals surface area contributed by atoms with E-state index in [1.807, 2.05) is 55.6 Å². The van der Waals surface area contributed by atoms with Crippen LogP contribution in [0.3, 0.4) is 0 Å². The molecule has 0 saturated carbocycles. The predicted molar refractivity (Wildman–Crippen MR) is 233 cm³/mol. The second-order valence-corrected chi connectivity index (χ2v) is 14.6. The van der Waals surface area contributed by atoms with Crippen molar-refractivity contribution in [2.45, 2.75) is 39.3 Å². The second-order valence-electron chi connectivity index (χ2n) is 14.6. The first-order valence-corrected chi connectivity index (χ1v) is 20.3. The number of aryl methyl sites for hydroxylation is 2. The zero-order valence-electron chi connectivity index (χ0n) is 34.0. The van der Waals surface area contributed by atoms with Crippen LogP contribution < -0.4 is 25.1 Å². The van der Waals surface area contributed by atoms with E-state index in [2.05, 4.69) is 10.3 Å². The largest absolute Gasteiger partial charge is 0.494 e. The summed E-state index contributed by atoms with van der Waals surface area (Å²) in [5, 5.41) is 18.8. The Labute approximate surface area is 355 Å². The van der Waals surface area contributed by atoms with Gasteiger partial charge in [0.25, 0.3) is 0 Å². The molecule has 0 bridgehead atoms. The molecular weight excluding hydrogens is 791 g/mol. The molecule has 62 heavy (non-hydrogen) atoms. The van der Waals surface area contributed by atoms with E-state index in [9.17, 15) is 19.5 Å². The Hall–Kier alpha value is -7.51. The highest BCUT2D eigenvalue weighted by molar-refractivity contribution is 5.87. The van der Waals surface area contributed by atoms with Gasteiger partial charge in [0.05, 0.1) is 48.4 Å². The lowest BCUT2D eigenvalue weighted by molar-refractivity contribution is 0.0696. The van der Waals surface area contributed by atoms with E-state index >= 15 is 0 Å². The summed E-state index contributed by atoms with van der Waals surface area (Å²) in [4.78, 5) is 37.6. The van der Waals surface area contributed by atoms with Crippen molar-refractivity contribution in [1.29, 1.82) is 0 Å². The number of aromatic carboxylic acids is 1. The first kappa shape index (κ1) is 41.2. The molecule has 1 N–H and O–H groups in total. The number of hydrogen-bond acceptors (Lipinski definition) is 11. The van der Waals surface area contributed by atoms with E-state index in [1.54, 1.807) is 65.3 Å². The van der Waals surface area contributed by atoms with Crippen LogP contribution in [-0.4, -0.2) is 52.5 Å². The zero-order chi connectivity index (χ0) is 42.8. The van der Waals surface area contributed by atoms with Gasteiger partial charge < -0.3 is 32.9 Å². The quantitative estimate of drug-likeness (QED) is 0.0771. The molecule has 5 aromatic carbocycles. The van der Waals surface area contributed by atoms with Crippen molar-refractivity contribution in [2.24, 2.45) is 0 Å². The molecule has 3 heterocycles. The average Bonchev–Trinajstić information content (AvgIpc) is 3.75. The number of carbonyl (C=O) groups is 1. The molecule has 3 aromatic heterocycles. The van der Waals surface area contributed by atoms with Gasteiger partial charge in [-0.2, -0.15) is 0 Å².